The molecule has 7 nitrogen and oxygen atoms in total. The lowest BCUT2D eigenvalue weighted by molar-refractivity contribution is 0.0329. The highest BCUT2D eigenvalue weighted by Gasteiger charge is 2.36. The van der Waals surface area contributed by atoms with E-state index >= 15 is 0 Å². The zero-order valence-electron chi connectivity index (χ0n) is 20.6. The van der Waals surface area contributed by atoms with Gasteiger partial charge in [0.1, 0.15) is 18.2 Å². The molecule has 0 bridgehead atoms. The first-order chi connectivity index (χ1) is 16.5. The molecule has 3 aliphatic heterocycles. The third-order valence-corrected chi connectivity index (χ3v) is 6.65. The minimum Gasteiger partial charge on any atom is -0.496 e. The molecule has 3 heterocycles. The van der Waals surface area contributed by atoms with E-state index in [9.17, 15) is 0 Å². The minimum atomic E-state index is 0.00807. The molecule has 7 heteroatoms. The van der Waals surface area contributed by atoms with Crippen molar-refractivity contribution >= 4 is 18.1 Å². The molecule has 180 valence electrons. The van der Waals surface area contributed by atoms with Crippen LogP contribution in [0.25, 0.3) is 0 Å². The monoisotopic (exact) mass is 461 g/mol. The highest BCUT2D eigenvalue weighted by Crippen LogP contribution is 2.36. The molecule has 1 unspecified atom stereocenters. The van der Waals surface area contributed by atoms with Crippen molar-refractivity contribution < 1.29 is 9.57 Å². The second-order valence-corrected chi connectivity index (χ2v) is 8.87. The lowest BCUT2D eigenvalue weighted by Gasteiger charge is -2.21. The molecular weight excluding hydrogens is 426 g/mol. The van der Waals surface area contributed by atoms with Gasteiger partial charge in [0.05, 0.1) is 24.6 Å². The normalized spacial score (nSPS) is 25.8. The zero-order chi connectivity index (χ0) is 24.2. The van der Waals surface area contributed by atoms with Gasteiger partial charge in [-0.05, 0) is 44.7 Å². The van der Waals surface area contributed by atoms with Crippen LogP contribution in [0.15, 0.2) is 75.3 Å². The number of rotatable bonds is 8. The maximum atomic E-state index is 5.71. The lowest BCUT2D eigenvalue weighted by atomic mass is 9.87. The van der Waals surface area contributed by atoms with Crippen molar-refractivity contribution in [3.05, 3.63) is 76.5 Å². The Morgan fingerprint density at radius 1 is 1.35 bits per heavy atom. The molecule has 4 rings (SSSR count). The van der Waals surface area contributed by atoms with Gasteiger partial charge >= 0.3 is 0 Å². The van der Waals surface area contributed by atoms with Gasteiger partial charge < -0.3 is 15.4 Å². The van der Waals surface area contributed by atoms with Gasteiger partial charge in [-0.1, -0.05) is 38.1 Å². The molecule has 3 atom stereocenters. The number of ether oxygens (including phenoxy) is 1. The maximum absolute atomic E-state index is 5.71. The van der Waals surface area contributed by atoms with E-state index in [1.165, 1.54) is 5.56 Å². The molecule has 3 N–H and O–H groups in total. The first-order valence-electron chi connectivity index (χ1n) is 11.9. The van der Waals surface area contributed by atoms with Crippen LogP contribution in [0.4, 0.5) is 5.69 Å². The van der Waals surface area contributed by atoms with Gasteiger partial charge in [0.2, 0.25) is 0 Å². The number of aryl methyl sites for hydroxylation is 1. The summed E-state index contributed by atoms with van der Waals surface area (Å²) in [7, 11) is 1.68. The summed E-state index contributed by atoms with van der Waals surface area (Å²) in [5, 5.41) is 6.97. The van der Waals surface area contributed by atoms with Crippen LogP contribution < -0.4 is 16.1 Å². The van der Waals surface area contributed by atoms with Crippen LogP contribution in [-0.2, 0) is 16.0 Å². The highest BCUT2D eigenvalue weighted by molar-refractivity contribution is 6.17. The van der Waals surface area contributed by atoms with Gasteiger partial charge in [-0.15, -0.1) is 0 Å². The Morgan fingerprint density at radius 2 is 2.18 bits per heavy atom. The fraction of sp³-hybridized carbons (Fsp3) is 0.407. The maximum Gasteiger partial charge on any atom is 0.121 e. The Labute approximate surface area is 202 Å². The van der Waals surface area contributed by atoms with Gasteiger partial charge in [0.25, 0.3) is 0 Å². The van der Waals surface area contributed by atoms with E-state index in [4.69, 9.17) is 14.6 Å². The summed E-state index contributed by atoms with van der Waals surface area (Å²) in [5.41, 5.74) is 10.5. The van der Waals surface area contributed by atoms with Crippen molar-refractivity contribution in [3.63, 3.8) is 0 Å². The number of para-hydroxylation sites is 1. The predicted molar refractivity (Wildman–Crippen MR) is 138 cm³/mol. The van der Waals surface area contributed by atoms with Crippen molar-refractivity contribution in [2.24, 2.45) is 15.9 Å². The average molecular weight is 462 g/mol. The highest BCUT2D eigenvalue weighted by atomic mass is 16.7. The molecule has 0 radical (unpaired) electrons. The van der Waals surface area contributed by atoms with Crippen LogP contribution in [0.5, 0.6) is 0 Å². The van der Waals surface area contributed by atoms with Crippen LogP contribution in [0.3, 0.4) is 0 Å². The Morgan fingerprint density at radius 3 is 2.82 bits per heavy atom. The summed E-state index contributed by atoms with van der Waals surface area (Å²) < 4.78 is 5.69. The van der Waals surface area contributed by atoms with Crippen molar-refractivity contribution in [2.45, 2.75) is 52.2 Å². The first-order valence-corrected chi connectivity index (χ1v) is 11.9. The number of hydrogen-bond acceptors (Lipinski definition) is 7. The Balaban J connectivity index is 1.69. The smallest absolute Gasteiger partial charge is 0.121 e. The summed E-state index contributed by atoms with van der Waals surface area (Å²) in [5.74, 6) is 1.87. The molecule has 34 heavy (non-hydrogen) atoms. The molecule has 0 spiro atoms. The van der Waals surface area contributed by atoms with Crippen molar-refractivity contribution in [1.82, 2.24) is 16.1 Å². The summed E-state index contributed by atoms with van der Waals surface area (Å²) >= 11 is 0. The molecular formula is C27H35N5O2. The van der Waals surface area contributed by atoms with Gasteiger partial charge in [0, 0.05) is 40.8 Å². The van der Waals surface area contributed by atoms with Crippen LogP contribution in [0, 0.1) is 5.92 Å². The van der Waals surface area contributed by atoms with E-state index in [0.29, 0.717) is 6.67 Å². The zero-order valence-corrected chi connectivity index (χ0v) is 20.6. The number of nitrogens with one attached hydrogen (secondary N) is 3. The van der Waals surface area contributed by atoms with E-state index in [1.807, 2.05) is 0 Å². The summed E-state index contributed by atoms with van der Waals surface area (Å²) in [6.45, 7) is 14.7. The average Bonchev–Trinajstić information content (AvgIpc) is 3.41. The third-order valence-electron chi connectivity index (χ3n) is 6.65. The fourth-order valence-electron chi connectivity index (χ4n) is 5.11. The number of methoxy groups -OCH3 is 1. The third kappa shape index (κ3) is 4.45. The number of aliphatic imine (C=N–C) groups is 2. The van der Waals surface area contributed by atoms with E-state index in [1.54, 1.807) is 13.2 Å². The van der Waals surface area contributed by atoms with Crippen LogP contribution in [-0.4, -0.2) is 38.4 Å². The Kier molecular flexibility index (Phi) is 7.34. The molecule has 0 saturated carbocycles. The van der Waals surface area contributed by atoms with Crippen molar-refractivity contribution in [3.8, 4) is 0 Å². The van der Waals surface area contributed by atoms with Gasteiger partial charge in [0.15, 0.2) is 0 Å². The quantitative estimate of drug-likeness (QED) is 0.303. The van der Waals surface area contributed by atoms with E-state index in [-0.39, 0.29) is 18.1 Å². The summed E-state index contributed by atoms with van der Waals surface area (Å²) in [6, 6.07) is 6.46. The number of hydrogen-bond donors (Lipinski definition) is 3. The second-order valence-electron chi connectivity index (χ2n) is 8.87. The number of allylic oxidation sites excluding steroid dienone is 3. The fourth-order valence-corrected chi connectivity index (χ4v) is 5.11. The van der Waals surface area contributed by atoms with E-state index in [2.05, 4.69) is 79.4 Å². The summed E-state index contributed by atoms with van der Waals surface area (Å²) in [6.07, 6.45) is 6.68. The van der Waals surface area contributed by atoms with Crippen LogP contribution in [0.1, 0.15) is 44.7 Å². The molecule has 0 aromatic heterocycles. The Bertz CT molecular complexity index is 1090. The molecule has 1 fully saturated rings. The van der Waals surface area contributed by atoms with Gasteiger partial charge in [-0.3, -0.25) is 14.8 Å². The molecule has 0 aliphatic carbocycles. The van der Waals surface area contributed by atoms with Crippen LogP contribution >= 0.6 is 0 Å². The standard InChI is InChI=1S/C27H35N5O2/c1-7-10-18-11-9-12-20(25(18)28-5)26-22-14-19(31-27(22)30-15-29-26)13-21(23(8-2)33-6)24-16(3)32-34-17(24)4/h8-9,11-13,16-17,24,30-32H,2,5,7,10,14-15H2,1,3-4,6H3/b19-13+,23-21-/t16-,17?,24+/m1/s1. The summed E-state index contributed by atoms with van der Waals surface area (Å²) in [4.78, 5) is 14.9. The molecule has 1 aromatic rings. The van der Waals surface area contributed by atoms with Crippen molar-refractivity contribution in [2.75, 3.05) is 13.8 Å². The SMILES string of the molecule is C=C/C(OC)=C(\C=C1/CC2=C(NCN=C2c2cccc(CCC)c2N=C)N1)[C@@H]1C(C)ON[C@@H]1C. The van der Waals surface area contributed by atoms with Crippen LogP contribution in [0.2, 0.25) is 0 Å². The topological polar surface area (TPSA) is 79.3 Å². The number of benzene rings is 1. The predicted octanol–water partition coefficient (Wildman–Crippen LogP) is 4.42. The number of hydroxylamine groups is 1. The molecule has 1 aromatic carbocycles. The van der Waals surface area contributed by atoms with Gasteiger partial charge in [-0.2, -0.15) is 5.48 Å². The lowest BCUT2D eigenvalue weighted by Crippen LogP contribution is -2.29. The minimum absolute atomic E-state index is 0.00807. The van der Waals surface area contributed by atoms with E-state index in [0.717, 1.165) is 64.6 Å². The largest absolute Gasteiger partial charge is 0.496 e. The molecule has 3 aliphatic rings. The van der Waals surface area contributed by atoms with E-state index < -0.39 is 0 Å². The molecule has 1 saturated heterocycles. The number of nitrogens with zero attached hydrogens (tertiary/aromatic N) is 2. The Hall–Kier alpha value is -3.16. The molecule has 0 amide bonds. The first kappa shape index (κ1) is 24.0. The second kappa shape index (κ2) is 10.4. The van der Waals surface area contributed by atoms with Crippen molar-refractivity contribution in [1.29, 1.82) is 0 Å². The van der Waals surface area contributed by atoms with Gasteiger partial charge in [-0.25, -0.2) is 0 Å².